The third kappa shape index (κ3) is 4.03. The lowest BCUT2D eigenvalue weighted by molar-refractivity contribution is 0.0957. The maximum atomic E-state index is 12.5. The molecule has 1 amide bonds. The van der Waals surface area contributed by atoms with Crippen molar-refractivity contribution in [2.24, 2.45) is 5.92 Å². The Morgan fingerprint density at radius 2 is 2.16 bits per heavy atom. The van der Waals surface area contributed by atoms with Gasteiger partial charge >= 0.3 is 0 Å². The first kappa shape index (κ1) is 17.9. The summed E-state index contributed by atoms with van der Waals surface area (Å²) in [5.41, 5.74) is 3.83. The monoisotopic (exact) mass is 357 g/mol. The standard InChI is InChI=1S/C20H27N3OS/c1-4-10-21-20(24)17-11-19(18-13-25-15(3)22-18)23(14(17)2)12-16-8-6-5-7-9-16/h4,11,13,16H,1,5-10,12H2,2-3H3,(H,21,24). The van der Waals surface area contributed by atoms with Gasteiger partial charge in [-0.2, -0.15) is 0 Å². The van der Waals surface area contributed by atoms with Gasteiger partial charge in [0.2, 0.25) is 0 Å². The first-order valence-electron chi connectivity index (χ1n) is 9.12. The fraction of sp³-hybridized carbons (Fsp3) is 0.500. The molecule has 0 saturated heterocycles. The summed E-state index contributed by atoms with van der Waals surface area (Å²) in [7, 11) is 0. The van der Waals surface area contributed by atoms with E-state index >= 15 is 0 Å². The largest absolute Gasteiger partial charge is 0.349 e. The van der Waals surface area contributed by atoms with E-state index in [0.29, 0.717) is 12.5 Å². The summed E-state index contributed by atoms with van der Waals surface area (Å²) in [6, 6.07) is 2.01. The summed E-state index contributed by atoms with van der Waals surface area (Å²) in [4.78, 5) is 17.2. The van der Waals surface area contributed by atoms with Gasteiger partial charge in [-0.15, -0.1) is 17.9 Å². The van der Waals surface area contributed by atoms with Gasteiger partial charge in [0.25, 0.3) is 5.91 Å². The van der Waals surface area contributed by atoms with Crippen molar-refractivity contribution in [3.8, 4) is 11.4 Å². The molecule has 0 atom stereocenters. The molecule has 1 fully saturated rings. The zero-order valence-corrected chi connectivity index (χ0v) is 16.0. The van der Waals surface area contributed by atoms with Crippen LogP contribution in [0.25, 0.3) is 11.4 Å². The predicted molar refractivity (Wildman–Crippen MR) is 104 cm³/mol. The Bertz CT molecular complexity index is 753. The highest BCUT2D eigenvalue weighted by Crippen LogP contribution is 2.31. The van der Waals surface area contributed by atoms with Crippen molar-refractivity contribution < 1.29 is 4.79 Å². The zero-order valence-electron chi connectivity index (χ0n) is 15.2. The van der Waals surface area contributed by atoms with Crippen LogP contribution in [0.2, 0.25) is 0 Å². The number of carbonyl (C=O) groups is 1. The summed E-state index contributed by atoms with van der Waals surface area (Å²) in [6.07, 6.45) is 8.27. The number of aromatic nitrogens is 2. The topological polar surface area (TPSA) is 46.9 Å². The average Bonchev–Trinajstić information content (AvgIpc) is 3.18. The van der Waals surface area contributed by atoms with Crippen LogP contribution in [0.5, 0.6) is 0 Å². The highest BCUT2D eigenvalue weighted by atomic mass is 32.1. The number of amides is 1. The normalized spacial score (nSPS) is 15.3. The van der Waals surface area contributed by atoms with Gasteiger partial charge in [0.1, 0.15) is 0 Å². The van der Waals surface area contributed by atoms with Gasteiger partial charge in [-0.1, -0.05) is 25.3 Å². The number of rotatable bonds is 6. The van der Waals surface area contributed by atoms with Crippen molar-refractivity contribution in [3.05, 3.63) is 40.4 Å². The third-order valence-electron chi connectivity index (χ3n) is 5.07. The second-order valence-corrected chi connectivity index (χ2v) is 7.96. The highest BCUT2D eigenvalue weighted by molar-refractivity contribution is 7.09. The van der Waals surface area contributed by atoms with Crippen LogP contribution in [0.15, 0.2) is 24.1 Å². The lowest BCUT2D eigenvalue weighted by Crippen LogP contribution is -2.24. The molecule has 0 aliphatic heterocycles. The van der Waals surface area contributed by atoms with Crippen molar-refractivity contribution >= 4 is 17.2 Å². The first-order valence-corrected chi connectivity index (χ1v) is 10.00. The first-order chi connectivity index (χ1) is 12.1. The van der Waals surface area contributed by atoms with Crippen LogP contribution in [0.4, 0.5) is 0 Å². The van der Waals surface area contributed by atoms with E-state index in [1.54, 1.807) is 17.4 Å². The van der Waals surface area contributed by atoms with Crippen LogP contribution in [0, 0.1) is 19.8 Å². The Hall–Kier alpha value is -1.88. The summed E-state index contributed by atoms with van der Waals surface area (Å²) < 4.78 is 2.31. The summed E-state index contributed by atoms with van der Waals surface area (Å²) in [5.74, 6) is 0.662. The minimum atomic E-state index is -0.0343. The zero-order chi connectivity index (χ0) is 17.8. The third-order valence-corrected chi connectivity index (χ3v) is 5.84. The molecule has 2 heterocycles. The van der Waals surface area contributed by atoms with E-state index in [2.05, 4.69) is 26.8 Å². The van der Waals surface area contributed by atoms with Crippen molar-refractivity contribution in [2.75, 3.05) is 6.54 Å². The molecule has 0 aromatic carbocycles. The van der Waals surface area contributed by atoms with Crippen LogP contribution in [-0.2, 0) is 6.54 Å². The van der Waals surface area contributed by atoms with E-state index in [4.69, 9.17) is 0 Å². The molecule has 3 rings (SSSR count). The molecule has 0 unspecified atom stereocenters. The molecule has 1 N–H and O–H groups in total. The molecular weight excluding hydrogens is 330 g/mol. The Morgan fingerprint density at radius 1 is 1.40 bits per heavy atom. The molecule has 1 aliphatic rings. The van der Waals surface area contributed by atoms with Crippen LogP contribution in [0.3, 0.4) is 0 Å². The van der Waals surface area contributed by atoms with E-state index in [1.807, 2.05) is 19.9 Å². The Morgan fingerprint density at radius 3 is 2.80 bits per heavy atom. The van der Waals surface area contributed by atoms with Gasteiger partial charge in [0.15, 0.2) is 0 Å². The Labute approximate surface area is 154 Å². The molecule has 5 heteroatoms. The lowest BCUT2D eigenvalue weighted by Gasteiger charge is -2.24. The fourth-order valence-corrected chi connectivity index (χ4v) is 4.30. The predicted octanol–water partition coefficient (Wildman–Crippen LogP) is 4.72. The van der Waals surface area contributed by atoms with E-state index in [0.717, 1.165) is 34.2 Å². The Balaban J connectivity index is 1.95. The van der Waals surface area contributed by atoms with Crippen molar-refractivity contribution in [2.45, 2.75) is 52.5 Å². The summed E-state index contributed by atoms with van der Waals surface area (Å²) >= 11 is 1.65. The molecule has 0 bridgehead atoms. The van der Waals surface area contributed by atoms with Gasteiger partial charge in [-0.3, -0.25) is 4.79 Å². The molecular formula is C20H27N3OS. The van der Waals surface area contributed by atoms with E-state index < -0.39 is 0 Å². The molecule has 0 spiro atoms. The van der Waals surface area contributed by atoms with E-state index in [1.165, 1.54) is 32.1 Å². The molecule has 1 saturated carbocycles. The number of hydrogen-bond donors (Lipinski definition) is 1. The smallest absolute Gasteiger partial charge is 0.253 e. The minimum absolute atomic E-state index is 0.0343. The quantitative estimate of drug-likeness (QED) is 0.760. The second-order valence-electron chi connectivity index (χ2n) is 6.89. The summed E-state index contributed by atoms with van der Waals surface area (Å²) in [6.45, 7) is 9.20. The Kier molecular flexibility index (Phi) is 5.74. The van der Waals surface area contributed by atoms with Crippen molar-refractivity contribution in [3.63, 3.8) is 0 Å². The molecule has 0 radical (unpaired) electrons. The van der Waals surface area contributed by atoms with Crippen molar-refractivity contribution in [1.82, 2.24) is 14.9 Å². The SMILES string of the molecule is C=CCNC(=O)c1cc(-c2csc(C)n2)n(CC2CCCCC2)c1C. The summed E-state index contributed by atoms with van der Waals surface area (Å²) in [5, 5.41) is 6.04. The lowest BCUT2D eigenvalue weighted by atomic mass is 9.89. The maximum Gasteiger partial charge on any atom is 0.253 e. The van der Waals surface area contributed by atoms with Crippen LogP contribution < -0.4 is 5.32 Å². The number of aryl methyl sites for hydroxylation is 1. The average molecular weight is 358 g/mol. The van der Waals surface area contributed by atoms with Gasteiger partial charge in [-0.05, 0) is 38.7 Å². The number of thiazole rings is 1. The van der Waals surface area contributed by atoms with Crippen LogP contribution >= 0.6 is 11.3 Å². The maximum absolute atomic E-state index is 12.5. The van der Waals surface area contributed by atoms with E-state index in [-0.39, 0.29) is 5.91 Å². The number of hydrogen-bond acceptors (Lipinski definition) is 3. The highest BCUT2D eigenvalue weighted by Gasteiger charge is 2.22. The molecule has 1 aliphatic carbocycles. The molecule has 25 heavy (non-hydrogen) atoms. The fourth-order valence-electron chi connectivity index (χ4n) is 3.69. The molecule has 134 valence electrons. The second kappa shape index (κ2) is 8.00. The number of nitrogens with zero attached hydrogens (tertiary/aromatic N) is 2. The van der Waals surface area contributed by atoms with Crippen LogP contribution in [0.1, 0.15) is 53.2 Å². The van der Waals surface area contributed by atoms with Crippen molar-refractivity contribution in [1.29, 1.82) is 0 Å². The van der Waals surface area contributed by atoms with Gasteiger partial charge in [0.05, 0.1) is 22.0 Å². The van der Waals surface area contributed by atoms with Gasteiger partial charge < -0.3 is 9.88 Å². The molecule has 2 aromatic heterocycles. The van der Waals surface area contributed by atoms with E-state index in [9.17, 15) is 4.79 Å². The van der Waals surface area contributed by atoms with Gasteiger partial charge in [-0.25, -0.2) is 4.98 Å². The molecule has 2 aromatic rings. The number of nitrogens with one attached hydrogen (secondary N) is 1. The molecule has 4 nitrogen and oxygen atoms in total. The van der Waals surface area contributed by atoms with Crippen LogP contribution in [-0.4, -0.2) is 22.0 Å². The minimum Gasteiger partial charge on any atom is -0.349 e. The van der Waals surface area contributed by atoms with Gasteiger partial charge in [0, 0.05) is 24.2 Å². The number of carbonyl (C=O) groups excluding carboxylic acids is 1.